The Morgan fingerprint density at radius 1 is 1.24 bits per heavy atom. The predicted molar refractivity (Wildman–Crippen MR) is 68.2 cm³/mol. The lowest BCUT2D eigenvalue weighted by Crippen LogP contribution is -2.32. The molecule has 0 aliphatic heterocycles. The summed E-state index contributed by atoms with van der Waals surface area (Å²) >= 11 is 0. The van der Waals surface area contributed by atoms with Gasteiger partial charge in [0.25, 0.3) is 0 Å². The average Bonchev–Trinajstić information content (AvgIpc) is 2.57. The van der Waals surface area contributed by atoms with Crippen molar-refractivity contribution in [3.8, 4) is 0 Å². The minimum absolute atomic E-state index is 0.0612. The first kappa shape index (κ1) is 14.9. The fraction of sp³-hybridized carbons (Fsp3) is 1.00. The molecule has 0 saturated heterocycles. The van der Waals surface area contributed by atoms with Crippen LogP contribution in [-0.4, -0.2) is 12.0 Å². The predicted octanol–water partition coefficient (Wildman–Crippen LogP) is 4.36. The maximum absolute atomic E-state index is 13.1. The van der Waals surface area contributed by atoms with Crippen LogP contribution < -0.4 is 5.73 Å². The van der Waals surface area contributed by atoms with Gasteiger partial charge in [-0.05, 0) is 37.5 Å². The Morgan fingerprint density at radius 2 is 1.82 bits per heavy atom. The Balaban J connectivity index is 2.38. The molecule has 0 heterocycles. The highest BCUT2D eigenvalue weighted by Crippen LogP contribution is 2.41. The van der Waals surface area contributed by atoms with Crippen molar-refractivity contribution in [3.05, 3.63) is 0 Å². The van der Waals surface area contributed by atoms with Crippen LogP contribution >= 0.6 is 0 Å². The molecule has 2 atom stereocenters. The van der Waals surface area contributed by atoms with Gasteiger partial charge in [-0.2, -0.15) is 0 Å². The summed E-state index contributed by atoms with van der Waals surface area (Å²) in [5.74, 6) is -1.74. The van der Waals surface area contributed by atoms with Crippen molar-refractivity contribution in [2.75, 3.05) is 0 Å². The van der Waals surface area contributed by atoms with Crippen molar-refractivity contribution >= 4 is 0 Å². The van der Waals surface area contributed by atoms with Gasteiger partial charge in [0.2, 0.25) is 5.92 Å². The number of hydrogen-bond acceptors (Lipinski definition) is 1. The number of rotatable bonds is 7. The van der Waals surface area contributed by atoms with E-state index in [1.807, 2.05) is 0 Å². The molecule has 2 N–H and O–H groups in total. The van der Waals surface area contributed by atoms with Crippen molar-refractivity contribution in [1.29, 1.82) is 0 Å². The third kappa shape index (κ3) is 4.90. The molecule has 17 heavy (non-hydrogen) atoms. The molecule has 1 nitrogen and oxygen atoms in total. The molecule has 102 valence electrons. The van der Waals surface area contributed by atoms with Gasteiger partial charge in [-0.3, -0.25) is 0 Å². The second-order valence-corrected chi connectivity index (χ2v) is 5.70. The third-order valence-corrected chi connectivity index (χ3v) is 4.04. The number of hydrogen-bond donors (Lipinski definition) is 1. The Bertz CT molecular complexity index is 212. The second-order valence-electron chi connectivity index (χ2n) is 5.70. The number of alkyl halides is 2. The average molecular weight is 247 g/mol. The topological polar surface area (TPSA) is 26.0 Å². The van der Waals surface area contributed by atoms with Gasteiger partial charge >= 0.3 is 0 Å². The molecule has 0 aromatic heterocycles. The fourth-order valence-corrected chi connectivity index (χ4v) is 3.13. The van der Waals surface area contributed by atoms with E-state index in [1.54, 1.807) is 0 Å². The van der Waals surface area contributed by atoms with Gasteiger partial charge in [0.15, 0.2) is 0 Å². The molecule has 0 spiro atoms. The zero-order chi connectivity index (χ0) is 12.9. The largest absolute Gasteiger partial charge is 0.327 e. The van der Waals surface area contributed by atoms with Crippen LogP contribution in [0.4, 0.5) is 8.78 Å². The molecule has 1 aliphatic carbocycles. The van der Waals surface area contributed by atoms with Crippen LogP contribution in [0.1, 0.15) is 65.2 Å². The van der Waals surface area contributed by atoms with Gasteiger partial charge in [-0.25, -0.2) is 8.78 Å². The summed E-state index contributed by atoms with van der Waals surface area (Å²) in [4.78, 5) is 0. The maximum atomic E-state index is 13.1. The van der Waals surface area contributed by atoms with Gasteiger partial charge in [-0.1, -0.05) is 26.7 Å². The highest BCUT2D eigenvalue weighted by atomic mass is 19.3. The van der Waals surface area contributed by atoms with Crippen molar-refractivity contribution in [1.82, 2.24) is 0 Å². The summed E-state index contributed by atoms with van der Waals surface area (Å²) in [6.07, 6.45) is 6.13. The summed E-state index contributed by atoms with van der Waals surface area (Å²) in [6.45, 7) is 4.33. The number of halogens is 2. The molecule has 1 rings (SSSR count). The van der Waals surface area contributed by atoms with E-state index in [1.165, 1.54) is 0 Å². The van der Waals surface area contributed by atoms with Crippen molar-refractivity contribution in [3.63, 3.8) is 0 Å². The molecule has 2 unspecified atom stereocenters. The smallest absolute Gasteiger partial charge is 0.248 e. The van der Waals surface area contributed by atoms with E-state index in [9.17, 15) is 8.78 Å². The van der Waals surface area contributed by atoms with Crippen LogP contribution in [0.15, 0.2) is 0 Å². The minimum atomic E-state index is -2.42. The fourth-order valence-electron chi connectivity index (χ4n) is 3.13. The lowest BCUT2D eigenvalue weighted by Gasteiger charge is -2.25. The van der Waals surface area contributed by atoms with Crippen LogP contribution in [-0.2, 0) is 0 Å². The quantitative estimate of drug-likeness (QED) is 0.711. The van der Waals surface area contributed by atoms with Crippen LogP contribution in [0.5, 0.6) is 0 Å². The first-order valence-electron chi connectivity index (χ1n) is 7.12. The third-order valence-electron chi connectivity index (χ3n) is 4.04. The van der Waals surface area contributed by atoms with E-state index in [4.69, 9.17) is 5.73 Å². The molecule has 0 aromatic rings. The molecular formula is C14H27F2N. The molecule has 3 heteroatoms. The van der Waals surface area contributed by atoms with E-state index in [0.29, 0.717) is 12.3 Å². The van der Waals surface area contributed by atoms with Crippen LogP contribution in [0.25, 0.3) is 0 Å². The zero-order valence-corrected chi connectivity index (χ0v) is 11.2. The van der Waals surface area contributed by atoms with E-state index in [0.717, 1.165) is 32.1 Å². The minimum Gasteiger partial charge on any atom is -0.327 e. The van der Waals surface area contributed by atoms with Gasteiger partial charge < -0.3 is 5.73 Å². The van der Waals surface area contributed by atoms with E-state index >= 15 is 0 Å². The summed E-state index contributed by atoms with van der Waals surface area (Å²) in [5.41, 5.74) is 6.21. The van der Waals surface area contributed by atoms with Crippen molar-refractivity contribution in [2.45, 2.75) is 77.2 Å². The lowest BCUT2D eigenvalue weighted by atomic mass is 9.85. The van der Waals surface area contributed by atoms with Crippen LogP contribution in [0.2, 0.25) is 0 Å². The van der Waals surface area contributed by atoms with Crippen LogP contribution in [0, 0.1) is 11.8 Å². The molecule has 0 amide bonds. The Kier molecular flexibility index (Phi) is 5.84. The van der Waals surface area contributed by atoms with E-state index < -0.39 is 5.92 Å². The summed E-state index contributed by atoms with van der Waals surface area (Å²) in [5, 5.41) is 0. The molecular weight excluding hydrogens is 220 g/mol. The first-order chi connectivity index (χ1) is 7.98. The summed E-state index contributed by atoms with van der Waals surface area (Å²) in [6, 6.07) is 0.119. The molecule has 0 radical (unpaired) electrons. The van der Waals surface area contributed by atoms with Gasteiger partial charge in [0, 0.05) is 18.9 Å². The normalized spacial score (nSPS) is 25.4. The SMILES string of the molecule is CCCC(CCC)C(N)CC1CCC(F)(F)C1. The second kappa shape index (κ2) is 6.67. The Morgan fingerprint density at radius 3 is 2.24 bits per heavy atom. The monoisotopic (exact) mass is 247 g/mol. The molecule has 0 aromatic carbocycles. The molecule has 1 aliphatic rings. The van der Waals surface area contributed by atoms with Crippen LogP contribution in [0.3, 0.4) is 0 Å². The molecule has 1 saturated carbocycles. The standard InChI is InChI=1S/C14H27F2N/c1-3-5-12(6-4-2)13(17)9-11-7-8-14(15,16)10-11/h11-13H,3-10,17H2,1-2H3. The molecule has 0 bridgehead atoms. The summed E-state index contributed by atoms with van der Waals surface area (Å²) < 4.78 is 26.2. The Labute approximate surface area is 104 Å². The van der Waals surface area contributed by atoms with Gasteiger partial charge in [0.05, 0.1) is 0 Å². The van der Waals surface area contributed by atoms with Gasteiger partial charge in [0.1, 0.15) is 0 Å². The first-order valence-corrected chi connectivity index (χ1v) is 7.12. The Hall–Kier alpha value is -0.180. The summed E-state index contributed by atoms with van der Waals surface area (Å²) in [7, 11) is 0. The molecule has 1 fully saturated rings. The highest BCUT2D eigenvalue weighted by molar-refractivity contribution is 4.85. The van der Waals surface area contributed by atoms with Crippen molar-refractivity contribution < 1.29 is 8.78 Å². The zero-order valence-electron chi connectivity index (χ0n) is 11.2. The van der Waals surface area contributed by atoms with E-state index in [2.05, 4.69) is 13.8 Å². The number of nitrogens with two attached hydrogens (primary N) is 1. The van der Waals surface area contributed by atoms with E-state index in [-0.39, 0.29) is 24.8 Å². The highest BCUT2D eigenvalue weighted by Gasteiger charge is 2.40. The maximum Gasteiger partial charge on any atom is 0.248 e. The van der Waals surface area contributed by atoms with Crippen molar-refractivity contribution in [2.24, 2.45) is 17.6 Å². The van der Waals surface area contributed by atoms with Gasteiger partial charge in [-0.15, -0.1) is 0 Å². The lowest BCUT2D eigenvalue weighted by molar-refractivity contribution is 0.00419.